The third-order valence-electron chi connectivity index (χ3n) is 3.13. The molecule has 0 bridgehead atoms. The summed E-state index contributed by atoms with van der Waals surface area (Å²) in [6.07, 6.45) is 5.11. The van der Waals surface area contributed by atoms with Crippen LogP contribution in [0.2, 0.25) is 0 Å². The molecule has 0 saturated carbocycles. The normalized spacial score (nSPS) is 10.0. The van der Waals surface area contributed by atoms with Crippen molar-refractivity contribution in [1.29, 1.82) is 0 Å². The van der Waals surface area contributed by atoms with E-state index in [1.54, 1.807) is 12.1 Å². The molecule has 2 rings (SSSR count). The van der Waals surface area contributed by atoms with Crippen molar-refractivity contribution in [2.24, 2.45) is 0 Å². The van der Waals surface area contributed by atoms with E-state index in [-0.39, 0.29) is 6.61 Å². The predicted molar refractivity (Wildman–Crippen MR) is 108 cm³/mol. The molecule has 0 spiro atoms. The average Bonchev–Trinajstić information content (AvgIpc) is 2.60. The molecule has 4 nitrogen and oxygen atoms in total. The molecular weight excluding hydrogens is 499 g/mol. The van der Waals surface area contributed by atoms with Crippen LogP contribution in [-0.4, -0.2) is 19.2 Å². The second-order valence-electron chi connectivity index (χ2n) is 4.91. The maximum Gasteiger partial charge on any atom is 0.339 e. The predicted octanol–water partition coefficient (Wildman–Crippen LogP) is 4.82. The van der Waals surface area contributed by atoms with Crippen molar-refractivity contribution in [3.05, 3.63) is 55.6 Å². The fraction of sp³-hybridized carbons (Fsp3) is 0.211. The summed E-state index contributed by atoms with van der Waals surface area (Å²) in [4.78, 5) is 12.0. The Labute approximate surface area is 169 Å². The van der Waals surface area contributed by atoms with Gasteiger partial charge in [-0.1, -0.05) is 34.0 Å². The molecule has 6 heteroatoms. The van der Waals surface area contributed by atoms with Crippen LogP contribution in [0.3, 0.4) is 0 Å². The van der Waals surface area contributed by atoms with Crippen molar-refractivity contribution in [2.45, 2.75) is 13.5 Å². The quantitative estimate of drug-likeness (QED) is 0.302. The first-order chi connectivity index (χ1) is 12.0. The summed E-state index contributed by atoms with van der Waals surface area (Å²) in [6, 6.07) is 11.2. The minimum Gasteiger partial charge on any atom is -0.490 e. The van der Waals surface area contributed by atoms with Crippen molar-refractivity contribution in [1.82, 2.24) is 0 Å². The maximum atomic E-state index is 12.0. The Morgan fingerprint density at radius 2 is 1.96 bits per heavy atom. The number of hydrogen-bond donors (Lipinski definition) is 0. The van der Waals surface area contributed by atoms with Gasteiger partial charge in [-0.25, -0.2) is 4.79 Å². The van der Waals surface area contributed by atoms with Gasteiger partial charge in [-0.05, 0) is 59.3 Å². The van der Waals surface area contributed by atoms with Crippen LogP contribution in [0, 0.1) is 15.9 Å². The Balaban J connectivity index is 2.22. The molecule has 0 aromatic heterocycles. The van der Waals surface area contributed by atoms with E-state index in [0.29, 0.717) is 30.3 Å². The summed E-state index contributed by atoms with van der Waals surface area (Å²) < 4.78 is 18.3. The molecule has 0 amide bonds. The number of terminal acetylenes is 1. The van der Waals surface area contributed by atoms with Crippen LogP contribution in [0.1, 0.15) is 22.8 Å². The van der Waals surface area contributed by atoms with Gasteiger partial charge in [0.2, 0.25) is 0 Å². The van der Waals surface area contributed by atoms with Gasteiger partial charge in [-0.3, -0.25) is 0 Å². The Morgan fingerprint density at radius 3 is 2.60 bits per heavy atom. The van der Waals surface area contributed by atoms with Crippen LogP contribution in [0.5, 0.6) is 11.5 Å². The number of rotatable bonds is 7. The highest BCUT2D eigenvalue weighted by molar-refractivity contribution is 14.1. The number of halogens is 2. The first-order valence-corrected chi connectivity index (χ1v) is 9.36. The van der Waals surface area contributed by atoms with E-state index in [2.05, 4.69) is 44.4 Å². The Kier molecular flexibility index (Phi) is 7.59. The van der Waals surface area contributed by atoms with Gasteiger partial charge in [-0.2, -0.15) is 0 Å². The second-order valence-corrected chi connectivity index (χ2v) is 6.99. The number of hydrogen-bond acceptors (Lipinski definition) is 4. The highest BCUT2D eigenvalue weighted by Crippen LogP contribution is 2.35. The number of ether oxygens (including phenoxy) is 3. The average molecular weight is 515 g/mol. The summed E-state index contributed by atoms with van der Waals surface area (Å²) in [6.45, 7) is 2.65. The van der Waals surface area contributed by atoms with Crippen LogP contribution in [0.4, 0.5) is 0 Å². The number of benzene rings is 2. The summed E-state index contributed by atoms with van der Waals surface area (Å²) >= 11 is 5.52. The van der Waals surface area contributed by atoms with Crippen LogP contribution >= 0.6 is 38.5 Å². The molecule has 0 N–H and O–H groups in total. The molecule has 25 heavy (non-hydrogen) atoms. The maximum absolute atomic E-state index is 12.0. The lowest BCUT2D eigenvalue weighted by Crippen LogP contribution is -2.08. The minimum absolute atomic E-state index is 0.0683. The van der Waals surface area contributed by atoms with Gasteiger partial charge in [-0.15, -0.1) is 6.42 Å². The van der Waals surface area contributed by atoms with Crippen molar-refractivity contribution in [3.63, 3.8) is 0 Å². The second kappa shape index (κ2) is 9.68. The molecular formula is C19H16BrIO4. The van der Waals surface area contributed by atoms with Gasteiger partial charge in [0.1, 0.15) is 6.61 Å². The molecule has 0 fully saturated rings. The van der Waals surface area contributed by atoms with E-state index < -0.39 is 5.97 Å². The fourth-order valence-electron chi connectivity index (χ4n) is 2.02. The van der Waals surface area contributed by atoms with Gasteiger partial charge >= 0.3 is 5.97 Å². The van der Waals surface area contributed by atoms with E-state index >= 15 is 0 Å². The van der Waals surface area contributed by atoms with Crippen LogP contribution in [-0.2, 0) is 11.3 Å². The van der Waals surface area contributed by atoms with E-state index in [9.17, 15) is 4.79 Å². The lowest BCUT2D eigenvalue weighted by atomic mass is 10.2. The first kappa shape index (κ1) is 19.6. The SMILES string of the molecule is C#CCOC(=O)c1cc(I)c(OCc2ccc(Br)cc2)c(OCC)c1. The number of esters is 1. The molecule has 0 aliphatic rings. The Hall–Kier alpha value is -1.72. The Bertz CT molecular complexity index is 781. The lowest BCUT2D eigenvalue weighted by molar-refractivity contribution is 0.0556. The first-order valence-electron chi connectivity index (χ1n) is 7.49. The van der Waals surface area contributed by atoms with Gasteiger partial charge in [0, 0.05) is 4.47 Å². The van der Waals surface area contributed by atoms with Crippen LogP contribution < -0.4 is 9.47 Å². The molecule has 0 saturated heterocycles. The molecule has 0 radical (unpaired) electrons. The molecule has 130 valence electrons. The van der Waals surface area contributed by atoms with E-state index in [1.165, 1.54) is 0 Å². The van der Waals surface area contributed by atoms with Gasteiger partial charge in [0.05, 0.1) is 15.7 Å². The zero-order valence-electron chi connectivity index (χ0n) is 13.6. The monoisotopic (exact) mass is 514 g/mol. The molecule has 2 aromatic rings. The molecule has 0 aliphatic heterocycles. The number of carbonyl (C=O) groups is 1. The summed E-state index contributed by atoms with van der Waals surface area (Å²) in [7, 11) is 0. The molecule has 0 unspecified atom stereocenters. The molecule has 2 aromatic carbocycles. The van der Waals surface area contributed by atoms with Crippen molar-refractivity contribution in [2.75, 3.05) is 13.2 Å². The van der Waals surface area contributed by atoms with Crippen LogP contribution in [0.25, 0.3) is 0 Å². The van der Waals surface area contributed by atoms with Crippen LogP contribution in [0.15, 0.2) is 40.9 Å². The van der Waals surface area contributed by atoms with Gasteiger partial charge in [0.25, 0.3) is 0 Å². The zero-order chi connectivity index (χ0) is 18.2. The highest BCUT2D eigenvalue weighted by Gasteiger charge is 2.17. The molecule has 0 atom stereocenters. The summed E-state index contributed by atoms with van der Waals surface area (Å²) in [5, 5.41) is 0. The van der Waals surface area contributed by atoms with Crippen molar-refractivity contribution in [3.8, 4) is 23.8 Å². The largest absolute Gasteiger partial charge is 0.490 e. The third kappa shape index (κ3) is 5.65. The van der Waals surface area contributed by atoms with E-state index in [1.807, 2.05) is 31.2 Å². The van der Waals surface area contributed by atoms with Gasteiger partial charge < -0.3 is 14.2 Å². The summed E-state index contributed by atoms with van der Waals surface area (Å²) in [5.41, 5.74) is 1.40. The van der Waals surface area contributed by atoms with Crippen molar-refractivity contribution < 1.29 is 19.0 Å². The van der Waals surface area contributed by atoms with E-state index in [0.717, 1.165) is 13.6 Å². The standard InChI is InChI=1S/C19H16BrIO4/c1-3-9-24-19(22)14-10-16(21)18(17(11-14)23-4-2)25-12-13-5-7-15(20)8-6-13/h1,5-8,10-11H,4,9,12H2,2H3. The smallest absolute Gasteiger partial charge is 0.339 e. The summed E-state index contributed by atoms with van der Waals surface area (Å²) in [5.74, 6) is 2.88. The van der Waals surface area contributed by atoms with Crippen molar-refractivity contribution >= 4 is 44.5 Å². The molecule has 0 heterocycles. The zero-order valence-corrected chi connectivity index (χ0v) is 17.3. The minimum atomic E-state index is -0.490. The Morgan fingerprint density at radius 1 is 1.24 bits per heavy atom. The van der Waals surface area contributed by atoms with E-state index in [4.69, 9.17) is 20.6 Å². The third-order valence-corrected chi connectivity index (χ3v) is 4.46. The lowest BCUT2D eigenvalue weighted by Gasteiger charge is -2.15. The topological polar surface area (TPSA) is 44.8 Å². The number of carbonyl (C=O) groups excluding carboxylic acids is 1. The fourth-order valence-corrected chi connectivity index (χ4v) is 3.04. The molecule has 0 aliphatic carbocycles. The highest BCUT2D eigenvalue weighted by atomic mass is 127. The van der Waals surface area contributed by atoms with Gasteiger partial charge in [0.15, 0.2) is 18.1 Å².